The van der Waals surface area contributed by atoms with Crippen LogP contribution >= 0.6 is 0 Å². The fourth-order valence-corrected chi connectivity index (χ4v) is 5.00. The van der Waals surface area contributed by atoms with Gasteiger partial charge in [-0.15, -0.1) is 0 Å². The van der Waals surface area contributed by atoms with Crippen LogP contribution in [0.5, 0.6) is 0 Å². The molecule has 1 saturated heterocycles. The van der Waals surface area contributed by atoms with Crippen LogP contribution in [0.1, 0.15) is 22.8 Å². The number of amides is 1. The molecule has 29 heavy (non-hydrogen) atoms. The Kier molecular flexibility index (Phi) is 5.31. The zero-order valence-electron chi connectivity index (χ0n) is 15.9. The predicted octanol–water partition coefficient (Wildman–Crippen LogP) is 1.56. The number of aromatic nitrogens is 3. The van der Waals surface area contributed by atoms with Crippen molar-refractivity contribution >= 4 is 27.4 Å². The van der Waals surface area contributed by atoms with E-state index in [1.165, 1.54) is 14.9 Å². The zero-order valence-corrected chi connectivity index (χ0v) is 16.7. The molecule has 0 aliphatic carbocycles. The number of carbonyl (C=O) groups is 1. The molecule has 0 spiro atoms. The molecule has 9 nitrogen and oxygen atoms in total. The van der Waals surface area contributed by atoms with Crippen molar-refractivity contribution < 1.29 is 17.9 Å². The van der Waals surface area contributed by atoms with Crippen molar-refractivity contribution in [3.63, 3.8) is 0 Å². The van der Waals surface area contributed by atoms with Gasteiger partial charge in [-0.05, 0) is 30.2 Å². The molecular weight excluding hydrogens is 394 g/mol. The number of carbonyl (C=O) groups excluding carboxylic acids is 1. The van der Waals surface area contributed by atoms with Crippen molar-refractivity contribution in [1.29, 1.82) is 0 Å². The third-order valence-corrected chi connectivity index (χ3v) is 6.81. The van der Waals surface area contributed by atoms with Crippen LogP contribution in [0, 0.1) is 0 Å². The summed E-state index contributed by atoms with van der Waals surface area (Å²) < 4.78 is 34.5. The second-order valence-corrected chi connectivity index (χ2v) is 8.48. The Morgan fingerprint density at radius 3 is 2.72 bits per heavy atom. The van der Waals surface area contributed by atoms with Gasteiger partial charge in [0, 0.05) is 30.9 Å². The van der Waals surface area contributed by atoms with Gasteiger partial charge < -0.3 is 10.1 Å². The normalized spacial score (nSPS) is 15.5. The number of rotatable bonds is 5. The predicted molar refractivity (Wildman–Crippen MR) is 106 cm³/mol. The van der Waals surface area contributed by atoms with Gasteiger partial charge in [0.2, 0.25) is 10.0 Å². The lowest BCUT2D eigenvalue weighted by Crippen LogP contribution is -2.41. The Hall–Kier alpha value is -2.82. The van der Waals surface area contributed by atoms with Gasteiger partial charge in [0.05, 0.1) is 24.3 Å². The van der Waals surface area contributed by atoms with E-state index in [9.17, 15) is 13.2 Å². The van der Waals surface area contributed by atoms with E-state index in [4.69, 9.17) is 4.74 Å². The summed E-state index contributed by atoms with van der Waals surface area (Å²) in [5, 5.41) is 6.91. The number of nitrogens with zero attached hydrogens (tertiary/aromatic N) is 4. The van der Waals surface area contributed by atoms with E-state index in [-0.39, 0.29) is 10.5 Å². The summed E-state index contributed by atoms with van der Waals surface area (Å²) >= 11 is 0. The molecule has 3 aromatic rings. The van der Waals surface area contributed by atoms with Crippen LogP contribution in [0.2, 0.25) is 0 Å². The molecule has 1 aromatic carbocycles. The molecule has 1 amide bonds. The average molecular weight is 415 g/mol. The maximum atomic E-state index is 13.2. The number of hydrogen-bond acceptors (Lipinski definition) is 6. The molecule has 0 saturated carbocycles. The topological polar surface area (TPSA) is 106 Å². The number of ether oxygens (including phenoxy) is 1. The standard InChI is InChI=1S/C19H21N5O4S/c1-2-14-3-4-15(13-16(14)29(26,27)23-9-11-28-12-10-23)19(25)22-18-5-7-20-17-6-8-21-24(17)18/h3-8,13H,2,9-12H2,1H3,(H,22,25). The number of hydrogen-bond donors (Lipinski definition) is 1. The van der Waals surface area contributed by atoms with Gasteiger partial charge in [-0.1, -0.05) is 13.0 Å². The molecule has 1 aliphatic heterocycles. The number of morpholine rings is 1. The minimum absolute atomic E-state index is 0.161. The lowest BCUT2D eigenvalue weighted by atomic mass is 10.1. The van der Waals surface area contributed by atoms with Gasteiger partial charge in [-0.3, -0.25) is 4.79 Å². The monoisotopic (exact) mass is 415 g/mol. The van der Waals surface area contributed by atoms with E-state index in [0.717, 1.165) is 0 Å². The van der Waals surface area contributed by atoms with Crippen molar-refractivity contribution in [3.05, 3.63) is 53.9 Å². The molecular formula is C19H21N5O4S. The fourth-order valence-electron chi connectivity index (χ4n) is 3.27. The van der Waals surface area contributed by atoms with E-state index >= 15 is 0 Å². The summed E-state index contributed by atoms with van der Waals surface area (Å²) in [6, 6.07) is 8.12. The fraction of sp³-hybridized carbons (Fsp3) is 0.316. The smallest absolute Gasteiger partial charge is 0.256 e. The Labute approximate surface area is 168 Å². The minimum Gasteiger partial charge on any atom is -0.379 e. The maximum Gasteiger partial charge on any atom is 0.256 e. The summed E-state index contributed by atoms with van der Waals surface area (Å²) in [4.78, 5) is 17.2. The molecule has 3 heterocycles. The summed E-state index contributed by atoms with van der Waals surface area (Å²) in [5.74, 6) is 0.0243. The first-order valence-corrected chi connectivity index (χ1v) is 10.8. The van der Waals surface area contributed by atoms with E-state index in [1.54, 1.807) is 36.7 Å². The van der Waals surface area contributed by atoms with Gasteiger partial charge >= 0.3 is 0 Å². The Balaban J connectivity index is 1.67. The Morgan fingerprint density at radius 2 is 1.97 bits per heavy atom. The largest absolute Gasteiger partial charge is 0.379 e. The third-order valence-electron chi connectivity index (χ3n) is 4.83. The average Bonchev–Trinajstić information content (AvgIpc) is 3.24. The molecule has 0 radical (unpaired) electrons. The molecule has 152 valence electrons. The van der Waals surface area contributed by atoms with Crippen LogP contribution < -0.4 is 5.32 Å². The maximum absolute atomic E-state index is 13.2. The van der Waals surface area contributed by atoms with Gasteiger partial charge in [0.1, 0.15) is 5.82 Å². The summed E-state index contributed by atoms with van der Waals surface area (Å²) in [7, 11) is -3.71. The van der Waals surface area contributed by atoms with E-state index in [2.05, 4.69) is 15.4 Å². The first-order valence-electron chi connectivity index (χ1n) is 9.31. The summed E-state index contributed by atoms with van der Waals surface area (Å²) in [5.41, 5.74) is 1.53. The quantitative estimate of drug-likeness (QED) is 0.678. The highest BCUT2D eigenvalue weighted by atomic mass is 32.2. The number of aryl methyl sites for hydroxylation is 1. The van der Waals surface area contributed by atoms with Crippen LogP contribution in [0.3, 0.4) is 0 Å². The van der Waals surface area contributed by atoms with E-state index in [1.807, 2.05) is 6.92 Å². The van der Waals surface area contributed by atoms with Crippen LogP contribution in [0.4, 0.5) is 5.82 Å². The third kappa shape index (κ3) is 3.74. The van der Waals surface area contributed by atoms with Crippen molar-refractivity contribution in [2.24, 2.45) is 0 Å². The van der Waals surface area contributed by atoms with E-state index < -0.39 is 15.9 Å². The van der Waals surface area contributed by atoms with Crippen molar-refractivity contribution in [1.82, 2.24) is 18.9 Å². The van der Waals surface area contributed by atoms with Crippen molar-refractivity contribution in [2.75, 3.05) is 31.6 Å². The number of fused-ring (bicyclic) bond motifs is 1. The lowest BCUT2D eigenvalue weighted by Gasteiger charge is -2.27. The first-order chi connectivity index (χ1) is 14.0. The highest BCUT2D eigenvalue weighted by Gasteiger charge is 2.29. The molecule has 1 aliphatic rings. The zero-order chi connectivity index (χ0) is 20.4. The van der Waals surface area contributed by atoms with Gasteiger partial charge in [-0.2, -0.15) is 13.9 Å². The van der Waals surface area contributed by atoms with Crippen LogP contribution in [0.25, 0.3) is 5.65 Å². The number of benzene rings is 1. The summed E-state index contributed by atoms with van der Waals surface area (Å²) in [6.45, 7) is 3.22. The molecule has 1 N–H and O–H groups in total. The highest BCUT2D eigenvalue weighted by Crippen LogP contribution is 2.24. The molecule has 1 fully saturated rings. The highest BCUT2D eigenvalue weighted by molar-refractivity contribution is 7.89. The second kappa shape index (κ2) is 7.90. The lowest BCUT2D eigenvalue weighted by molar-refractivity contribution is 0.0730. The first kappa shape index (κ1) is 19.5. The van der Waals surface area contributed by atoms with Crippen LogP contribution in [-0.2, 0) is 21.2 Å². The van der Waals surface area contributed by atoms with Gasteiger partial charge in [0.15, 0.2) is 5.65 Å². The minimum atomic E-state index is -3.71. The SMILES string of the molecule is CCc1ccc(C(=O)Nc2ccnc3ccnn23)cc1S(=O)(=O)N1CCOCC1. The van der Waals surface area contributed by atoms with Crippen LogP contribution in [-0.4, -0.2) is 59.5 Å². The number of sulfonamides is 1. The van der Waals surface area contributed by atoms with Crippen LogP contribution in [0.15, 0.2) is 47.6 Å². The molecule has 2 aromatic heterocycles. The molecule has 0 bridgehead atoms. The Bertz CT molecular complexity index is 1150. The number of nitrogens with one attached hydrogen (secondary N) is 1. The molecule has 4 rings (SSSR count). The van der Waals surface area contributed by atoms with Gasteiger partial charge in [0.25, 0.3) is 5.91 Å². The molecule has 10 heteroatoms. The second-order valence-electron chi connectivity index (χ2n) is 6.58. The number of anilines is 1. The molecule has 0 unspecified atom stereocenters. The van der Waals surface area contributed by atoms with E-state index in [0.29, 0.717) is 49.8 Å². The Morgan fingerprint density at radius 1 is 1.17 bits per heavy atom. The summed E-state index contributed by atoms with van der Waals surface area (Å²) in [6.07, 6.45) is 3.70. The van der Waals surface area contributed by atoms with Crippen molar-refractivity contribution in [3.8, 4) is 0 Å². The van der Waals surface area contributed by atoms with Gasteiger partial charge in [-0.25, -0.2) is 13.4 Å². The molecule has 0 atom stereocenters. The van der Waals surface area contributed by atoms with Crippen molar-refractivity contribution in [2.45, 2.75) is 18.2 Å².